The number of imidazole rings is 1. The Morgan fingerprint density at radius 1 is 1.39 bits per heavy atom. The van der Waals surface area contributed by atoms with Gasteiger partial charge in [0.1, 0.15) is 5.82 Å². The van der Waals surface area contributed by atoms with Crippen molar-refractivity contribution < 1.29 is 0 Å². The van der Waals surface area contributed by atoms with Crippen molar-refractivity contribution in [3.05, 3.63) is 29.0 Å². The minimum atomic E-state index is 0.542. The van der Waals surface area contributed by atoms with Crippen molar-refractivity contribution in [2.75, 3.05) is 6.54 Å². The fourth-order valence-corrected chi connectivity index (χ4v) is 2.43. The zero-order valence-corrected chi connectivity index (χ0v) is 12.0. The number of para-hydroxylation sites is 1. The van der Waals surface area contributed by atoms with Gasteiger partial charge >= 0.3 is 0 Å². The molecule has 1 heterocycles. The molecule has 0 spiro atoms. The second-order valence-corrected chi connectivity index (χ2v) is 5.31. The van der Waals surface area contributed by atoms with Gasteiger partial charge in [0.25, 0.3) is 0 Å². The number of rotatable bonds is 5. The lowest BCUT2D eigenvalue weighted by molar-refractivity contribution is 0.563. The van der Waals surface area contributed by atoms with Crippen molar-refractivity contribution in [2.45, 2.75) is 32.7 Å². The Hall–Kier alpha value is -1.06. The van der Waals surface area contributed by atoms with E-state index in [2.05, 4.69) is 28.7 Å². The van der Waals surface area contributed by atoms with E-state index in [1.807, 2.05) is 25.2 Å². The highest BCUT2D eigenvalue weighted by atomic mass is 35.5. The molecule has 0 saturated heterocycles. The summed E-state index contributed by atoms with van der Waals surface area (Å²) in [6.45, 7) is 5.35. The molecule has 2 aromatic rings. The maximum atomic E-state index is 6.21. The molecule has 0 fully saturated rings. The Kier molecular flexibility index (Phi) is 4.25. The summed E-state index contributed by atoms with van der Waals surface area (Å²) in [5.74, 6) is 1.10. The third-order valence-electron chi connectivity index (χ3n) is 3.07. The predicted octanol–water partition coefficient (Wildman–Crippen LogP) is 3.16. The topological polar surface area (TPSA) is 29.9 Å². The molecule has 98 valence electrons. The van der Waals surface area contributed by atoms with Gasteiger partial charge in [-0.25, -0.2) is 4.98 Å². The molecule has 0 unspecified atom stereocenters. The first-order valence-corrected chi connectivity index (χ1v) is 6.80. The minimum Gasteiger partial charge on any atom is -0.330 e. The zero-order valence-electron chi connectivity index (χ0n) is 11.2. The highest BCUT2D eigenvalue weighted by molar-refractivity contribution is 6.35. The number of aryl methyl sites for hydroxylation is 2. The van der Waals surface area contributed by atoms with Gasteiger partial charge in [0.05, 0.1) is 16.1 Å². The summed E-state index contributed by atoms with van der Waals surface area (Å²) in [4.78, 5) is 4.64. The summed E-state index contributed by atoms with van der Waals surface area (Å²) in [5.41, 5.74) is 2.02. The monoisotopic (exact) mass is 265 g/mol. The number of benzene rings is 1. The van der Waals surface area contributed by atoms with Gasteiger partial charge in [-0.05, 0) is 25.1 Å². The fraction of sp³-hybridized carbons (Fsp3) is 0.500. The van der Waals surface area contributed by atoms with Gasteiger partial charge in [0, 0.05) is 19.5 Å². The summed E-state index contributed by atoms with van der Waals surface area (Å²) in [5, 5.41) is 4.19. The first-order valence-electron chi connectivity index (χ1n) is 6.43. The summed E-state index contributed by atoms with van der Waals surface area (Å²) in [7, 11) is 2.03. The normalized spacial score (nSPS) is 11.6. The Balaban J connectivity index is 2.10. The van der Waals surface area contributed by atoms with Crippen LogP contribution in [0.25, 0.3) is 11.0 Å². The summed E-state index contributed by atoms with van der Waals surface area (Å²) >= 11 is 6.21. The lowest BCUT2D eigenvalue weighted by Gasteiger charge is -2.07. The van der Waals surface area contributed by atoms with Crippen LogP contribution in [0.15, 0.2) is 18.2 Å². The standard InChI is InChI=1S/C14H20ClN3/c1-10(2)16-9-5-8-13-17-12-7-4-6-11(15)14(12)18(13)3/h4,6-7,10,16H,5,8-9H2,1-3H3. The van der Waals surface area contributed by atoms with Crippen LogP contribution in [0.5, 0.6) is 0 Å². The summed E-state index contributed by atoms with van der Waals surface area (Å²) < 4.78 is 2.10. The van der Waals surface area contributed by atoms with Crippen molar-refractivity contribution in [3.8, 4) is 0 Å². The molecule has 3 nitrogen and oxygen atoms in total. The molecule has 0 atom stereocenters. The number of fused-ring (bicyclic) bond motifs is 1. The predicted molar refractivity (Wildman–Crippen MR) is 77.2 cm³/mol. The van der Waals surface area contributed by atoms with Crippen LogP contribution in [-0.2, 0) is 13.5 Å². The summed E-state index contributed by atoms with van der Waals surface area (Å²) in [6, 6.07) is 6.41. The molecular weight excluding hydrogens is 246 g/mol. The molecule has 0 bridgehead atoms. The van der Waals surface area contributed by atoms with E-state index in [9.17, 15) is 0 Å². The molecule has 2 rings (SSSR count). The molecule has 1 aromatic heterocycles. The maximum absolute atomic E-state index is 6.21. The van der Waals surface area contributed by atoms with Gasteiger partial charge in [-0.1, -0.05) is 31.5 Å². The molecule has 4 heteroatoms. The lowest BCUT2D eigenvalue weighted by Crippen LogP contribution is -2.24. The SMILES string of the molecule is CC(C)NCCCc1nc2cccc(Cl)c2n1C. The van der Waals surface area contributed by atoms with E-state index in [4.69, 9.17) is 11.6 Å². The number of halogens is 1. The van der Waals surface area contributed by atoms with Crippen molar-refractivity contribution in [1.29, 1.82) is 0 Å². The minimum absolute atomic E-state index is 0.542. The van der Waals surface area contributed by atoms with Crippen LogP contribution in [0, 0.1) is 0 Å². The zero-order chi connectivity index (χ0) is 13.1. The van der Waals surface area contributed by atoms with Crippen molar-refractivity contribution in [2.24, 2.45) is 7.05 Å². The van der Waals surface area contributed by atoms with Crippen LogP contribution in [0.4, 0.5) is 0 Å². The molecule has 0 saturated carbocycles. The van der Waals surface area contributed by atoms with Gasteiger partial charge in [0.2, 0.25) is 0 Å². The van der Waals surface area contributed by atoms with Gasteiger partial charge < -0.3 is 9.88 Å². The van der Waals surface area contributed by atoms with Crippen LogP contribution in [0.3, 0.4) is 0 Å². The number of nitrogens with zero attached hydrogens (tertiary/aromatic N) is 2. The van der Waals surface area contributed by atoms with Gasteiger partial charge in [-0.2, -0.15) is 0 Å². The Bertz CT molecular complexity index is 531. The van der Waals surface area contributed by atoms with Crippen LogP contribution in [0.1, 0.15) is 26.1 Å². The smallest absolute Gasteiger partial charge is 0.109 e. The molecule has 0 aliphatic rings. The van der Waals surface area contributed by atoms with Crippen LogP contribution < -0.4 is 5.32 Å². The Labute approximate surface area is 113 Å². The number of hydrogen-bond acceptors (Lipinski definition) is 2. The van der Waals surface area contributed by atoms with Crippen molar-refractivity contribution in [3.63, 3.8) is 0 Å². The largest absolute Gasteiger partial charge is 0.330 e. The van der Waals surface area contributed by atoms with E-state index in [0.29, 0.717) is 6.04 Å². The third-order valence-corrected chi connectivity index (χ3v) is 3.37. The highest BCUT2D eigenvalue weighted by Gasteiger charge is 2.09. The highest BCUT2D eigenvalue weighted by Crippen LogP contribution is 2.23. The lowest BCUT2D eigenvalue weighted by atomic mass is 10.3. The molecule has 1 aromatic carbocycles. The van der Waals surface area contributed by atoms with E-state index in [0.717, 1.165) is 41.3 Å². The first kappa shape index (κ1) is 13.4. The molecule has 0 aliphatic heterocycles. The third kappa shape index (κ3) is 2.85. The summed E-state index contributed by atoms with van der Waals surface area (Å²) in [6.07, 6.45) is 2.06. The van der Waals surface area contributed by atoms with Crippen LogP contribution >= 0.6 is 11.6 Å². The van der Waals surface area contributed by atoms with E-state index < -0.39 is 0 Å². The van der Waals surface area contributed by atoms with Gasteiger partial charge in [-0.3, -0.25) is 0 Å². The van der Waals surface area contributed by atoms with Gasteiger partial charge in [-0.15, -0.1) is 0 Å². The van der Waals surface area contributed by atoms with Crippen LogP contribution in [-0.4, -0.2) is 22.1 Å². The molecule has 1 N–H and O–H groups in total. The number of nitrogens with one attached hydrogen (secondary N) is 1. The molecular formula is C14H20ClN3. The maximum Gasteiger partial charge on any atom is 0.109 e. The quantitative estimate of drug-likeness (QED) is 0.842. The second-order valence-electron chi connectivity index (χ2n) is 4.91. The van der Waals surface area contributed by atoms with Crippen LogP contribution in [0.2, 0.25) is 5.02 Å². The van der Waals surface area contributed by atoms with E-state index >= 15 is 0 Å². The molecule has 0 amide bonds. The van der Waals surface area contributed by atoms with Crippen molar-refractivity contribution in [1.82, 2.24) is 14.9 Å². The fourth-order valence-electron chi connectivity index (χ4n) is 2.13. The Morgan fingerprint density at radius 3 is 2.83 bits per heavy atom. The average Bonchev–Trinajstić information content (AvgIpc) is 2.63. The molecule has 0 radical (unpaired) electrons. The number of aromatic nitrogens is 2. The van der Waals surface area contributed by atoms with E-state index in [1.54, 1.807) is 0 Å². The number of hydrogen-bond donors (Lipinski definition) is 1. The van der Waals surface area contributed by atoms with Gasteiger partial charge in [0.15, 0.2) is 0 Å². The second kappa shape index (κ2) is 5.72. The van der Waals surface area contributed by atoms with Crippen molar-refractivity contribution >= 4 is 22.6 Å². The van der Waals surface area contributed by atoms with E-state index in [-0.39, 0.29) is 0 Å². The average molecular weight is 266 g/mol. The molecule has 18 heavy (non-hydrogen) atoms. The molecule has 0 aliphatic carbocycles. The Morgan fingerprint density at radius 2 is 2.17 bits per heavy atom. The van der Waals surface area contributed by atoms with E-state index in [1.165, 1.54) is 0 Å². The first-order chi connectivity index (χ1) is 8.59.